The second kappa shape index (κ2) is 3.35. The van der Waals surface area contributed by atoms with Crippen molar-refractivity contribution in [1.82, 2.24) is 0 Å². The van der Waals surface area contributed by atoms with Gasteiger partial charge in [0.25, 0.3) is 0 Å². The molecule has 0 amide bonds. The van der Waals surface area contributed by atoms with Gasteiger partial charge in [0.2, 0.25) is 0 Å². The lowest BCUT2D eigenvalue weighted by atomic mass is 9.74. The number of carbonyl (C=O) groups is 1. The van der Waals surface area contributed by atoms with Gasteiger partial charge in [-0.25, -0.2) is 0 Å². The van der Waals surface area contributed by atoms with E-state index in [-0.39, 0.29) is 5.92 Å². The zero-order chi connectivity index (χ0) is 8.43. The van der Waals surface area contributed by atoms with Gasteiger partial charge in [0.15, 0.2) is 0 Å². The highest BCUT2D eigenvalue weighted by molar-refractivity contribution is 5.84. The van der Waals surface area contributed by atoms with E-state index in [0.29, 0.717) is 17.7 Å². The molecule has 0 aromatic heterocycles. The molecule has 0 aromatic carbocycles. The van der Waals surface area contributed by atoms with E-state index in [9.17, 15) is 4.79 Å². The fourth-order valence-electron chi connectivity index (χ4n) is 1.50. The number of hydrogen-bond acceptors (Lipinski definition) is 2. The summed E-state index contributed by atoms with van der Waals surface area (Å²) in [6.45, 7) is 4.06. The van der Waals surface area contributed by atoms with Crippen LogP contribution in [0.25, 0.3) is 0 Å². The molecule has 1 saturated carbocycles. The Morgan fingerprint density at radius 3 is 2.55 bits per heavy atom. The number of rotatable bonds is 3. The highest BCUT2D eigenvalue weighted by Gasteiger charge is 2.33. The lowest BCUT2D eigenvalue weighted by Crippen LogP contribution is -2.42. The summed E-state index contributed by atoms with van der Waals surface area (Å²) in [6.07, 6.45) is 2.80. The van der Waals surface area contributed by atoms with Gasteiger partial charge in [0, 0.05) is 17.9 Å². The zero-order valence-electron chi connectivity index (χ0n) is 7.34. The van der Waals surface area contributed by atoms with Gasteiger partial charge < -0.3 is 5.73 Å². The maximum Gasteiger partial charge on any atom is 0.138 e. The van der Waals surface area contributed by atoms with Gasteiger partial charge in [-0.05, 0) is 19.3 Å². The predicted octanol–water partition coefficient (Wildman–Crippen LogP) is 1.34. The monoisotopic (exact) mass is 155 g/mol. The van der Waals surface area contributed by atoms with Crippen molar-refractivity contribution in [3.63, 3.8) is 0 Å². The van der Waals surface area contributed by atoms with Crippen LogP contribution in [0.15, 0.2) is 0 Å². The SMILES string of the molecule is CCC(C)C(=O)C1CC(N)C1. The predicted molar refractivity (Wildman–Crippen MR) is 45.2 cm³/mol. The Bertz CT molecular complexity index is 150. The molecule has 1 aliphatic rings. The van der Waals surface area contributed by atoms with Crippen molar-refractivity contribution < 1.29 is 4.79 Å². The summed E-state index contributed by atoms with van der Waals surface area (Å²) in [5, 5.41) is 0. The third-order valence-electron chi connectivity index (χ3n) is 2.67. The van der Waals surface area contributed by atoms with E-state index >= 15 is 0 Å². The van der Waals surface area contributed by atoms with Crippen molar-refractivity contribution in [2.24, 2.45) is 17.6 Å². The lowest BCUT2D eigenvalue weighted by Gasteiger charge is -2.32. The number of nitrogens with two attached hydrogens (primary N) is 1. The van der Waals surface area contributed by atoms with Crippen LogP contribution >= 0.6 is 0 Å². The largest absolute Gasteiger partial charge is 0.328 e. The topological polar surface area (TPSA) is 43.1 Å². The average Bonchev–Trinajstić information content (AvgIpc) is 1.96. The van der Waals surface area contributed by atoms with Crippen molar-refractivity contribution >= 4 is 5.78 Å². The molecular weight excluding hydrogens is 138 g/mol. The Kier molecular flexibility index (Phi) is 2.66. The Hall–Kier alpha value is -0.370. The Morgan fingerprint density at radius 2 is 2.18 bits per heavy atom. The number of hydrogen-bond donors (Lipinski definition) is 1. The van der Waals surface area contributed by atoms with E-state index in [2.05, 4.69) is 6.92 Å². The fraction of sp³-hybridized carbons (Fsp3) is 0.889. The molecule has 0 saturated heterocycles. The molecule has 0 heterocycles. The van der Waals surface area contributed by atoms with Crippen LogP contribution in [0.1, 0.15) is 33.1 Å². The Balaban J connectivity index is 2.31. The first-order valence-corrected chi connectivity index (χ1v) is 4.44. The third kappa shape index (κ3) is 1.80. The van der Waals surface area contributed by atoms with Gasteiger partial charge in [-0.3, -0.25) is 4.79 Å². The minimum Gasteiger partial charge on any atom is -0.328 e. The first kappa shape index (κ1) is 8.72. The summed E-state index contributed by atoms with van der Waals surface area (Å²) in [6, 6.07) is 0.299. The van der Waals surface area contributed by atoms with Crippen LogP contribution in [0.4, 0.5) is 0 Å². The van der Waals surface area contributed by atoms with Gasteiger partial charge in [0.05, 0.1) is 0 Å². The molecule has 1 rings (SSSR count). The molecular formula is C9H17NO. The first-order valence-electron chi connectivity index (χ1n) is 4.44. The molecule has 0 aromatic rings. The number of carbonyl (C=O) groups excluding carboxylic acids is 1. The molecule has 1 unspecified atom stereocenters. The molecule has 0 radical (unpaired) electrons. The summed E-state index contributed by atoms with van der Waals surface area (Å²) in [5.41, 5.74) is 5.60. The quantitative estimate of drug-likeness (QED) is 0.668. The van der Waals surface area contributed by atoms with Crippen molar-refractivity contribution in [3.8, 4) is 0 Å². The Morgan fingerprint density at radius 1 is 1.64 bits per heavy atom. The average molecular weight is 155 g/mol. The molecule has 64 valence electrons. The van der Waals surface area contributed by atoms with E-state index in [4.69, 9.17) is 5.73 Å². The molecule has 2 heteroatoms. The molecule has 0 bridgehead atoms. The maximum atomic E-state index is 11.4. The summed E-state index contributed by atoms with van der Waals surface area (Å²) < 4.78 is 0. The minimum atomic E-state index is 0.243. The number of ketones is 1. The third-order valence-corrected chi connectivity index (χ3v) is 2.67. The second-order valence-electron chi connectivity index (χ2n) is 3.64. The van der Waals surface area contributed by atoms with Gasteiger partial charge in [-0.2, -0.15) is 0 Å². The van der Waals surface area contributed by atoms with E-state index in [0.717, 1.165) is 19.3 Å². The molecule has 2 N–H and O–H groups in total. The van der Waals surface area contributed by atoms with E-state index < -0.39 is 0 Å². The summed E-state index contributed by atoms with van der Waals surface area (Å²) in [7, 11) is 0. The molecule has 1 atom stereocenters. The van der Waals surface area contributed by atoms with Gasteiger partial charge >= 0.3 is 0 Å². The molecule has 2 nitrogen and oxygen atoms in total. The molecule has 0 spiro atoms. The van der Waals surface area contributed by atoms with Crippen molar-refractivity contribution in [3.05, 3.63) is 0 Å². The van der Waals surface area contributed by atoms with Crippen LogP contribution in [-0.2, 0) is 4.79 Å². The van der Waals surface area contributed by atoms with E-state index in [1.165, 1.54) is 0 Å². The molecule has 11 heavy (non-hydrogen) atoms. The molecule has 1 fully saturated rings. The first-order chi connectivity index (χ1) is 5.15. The maximum absolute atomic E-state index is 11.4. The standard InChI is InChI=1S/C9H17NO/c1-3-6(2)9(11)7-4-8(10)5-7/h6-8H,3-5,10H2,1-2H3. The molecule has 0 aliphatic heterocycles. The Labute approximate surface area is 68.2 Å². The lowest BCUT2D eigenvalue weighted by molar-refractivity contribution is -0.129. The summed E-state index contributed by atoms with van der Waals surface area (Å²) in [5.74, 6) is 0.960. The van der Waals surface area contributed by atoms with Crippen LogP contribution in [0, 0.1) is 11.8 Å². The highest BCUT2D eigenvalue weighted by Crippen LogP contribution is 2.29. The number of Topliss-reactive ketones (excluding diaryl/α,β-unsaturated/α-hetero) is 1. The minimum absolute atomic E-state index is 0.243. The summed E-state index contributed by atoms with van der Waals surface area (Å²) in [4.78, 5) is 11.4. The zero-order valence-corrected chi connectivity index (χ0v) is 7.34. The van der Waals surface area contributed by atoms with Crippen molar-refractivity contribution in [2.75, 3.05) is 0 Å². The van der Waals surface area contributed by atoms with Gasteiger partial charge in [0.1, 0.15) is 5.78 Å². The fourth-order valence-corrected chi connectivity index (χ4v) is 1.50. The second-order valence-corrected chi connectivity index (χ2v) is 3.64. The van der Waals surface area contributed by atoms with E-state index in [1.807, 2.05) is 6.92 Å². The van der Waals surface area contributed by atoms with Crippen molar-refractivity contribution in [1.29, 1.82) is 0 Å². The van der Waals surface area contributed by atoms with Crippen LogP contribution in [0.3, 0.4) is 0 Å². The van der Waals surface area contributed by atoms with Crippen LogP contribution < -0.4 is 5.73 Å². The van der Waals surface area contributed by atoms with Crippen LogP contribution in [0.5, 0.6) is 0 Å². The van der Waals surface area contributed by atoms with Gasteiger partial charge in [-0.1, -0.05) is 13.8 Å². The van der Waals surface area contributed by atoms with Crippen LogP contribution in [0.2, 0.25) is 0 Å². The normalized spacial score (nSPS) is 32.6. The van der Waals surface area contributed by atoms with Crippen LogP contribution in [-0.4, -0.2) is 11.8 Å². The summed E-state index contributed by atoms with van der Waals surface area (Å²) >= 11 is 0. The smallest absolute Gasteiger partial charge is 0.138 e. The van der Waals surface area contributed by atoms with Gasteiger partial charge in [-0.15, -0.1) is 0 Å². The highest BCUT2D eigenvalue weighted by atomic mass is 16.1. The van der Waals surface area contributed by atoms with Crippen molar-refractivity contribution in [2.45, 2.75) is 39.2 Å². The molecule has 1 aliphatic carbocycles. The van der Waals surface area contributed by atoms with E-state index in [1.54, 1.807) is 0 Å².